The summed E-state index contributed by atoms with van der Waals surface area (Å²) >= 11 is 1.58. The summed E-state index contributed by atoms with van der Waals surface area (Å²) in [6, 6.07) is 8.25. The molecule has 0 unspecified atom stereocenters. The van der Waals surface area contributed by atoms with Crippen LogP contribution < -0.4 is 5.73 Å². The Morgan fingerprint density at radius 2 is 2.16 bits per heavy atom. The second-order valence-corrected chi connectivity index (χ2v) is 5.90. The van der Waals surface area contributed by atoms with E-state index in [-0.39, 0.29) is 18.2 Å². The zero-order valence-electron chi connectivity index (χ0n) is 11.1. The van der Waals surface area contributed by atoms with Crippen LogP contribution in [0.5, 0.6) is 0 Å². The summed E-state index contributed by atoms with van der Waals surface area (Å²) in [5.41, 5.74) is 6.75. The molecule has 0 saturated carbocycles. The topological polar surface area (TPSA) is 49.9 Å². The largest absolute Gasteiger partial charge is 0.383 e. The van der Waals surface area contributed by atoms with Crippen molar-refractivity contribution in [3.63, 3.8) is 0 Å². The van der Waals surface area contributed by atoms with Gasteiger partial charge in [-0.2, -0.15) is 0 Å². The number of halogens is 1. The minimum absolute atomic E-state index is 0. The first-order chi connectivity index (χ1) is 8.58. The van der Waals surface area contributed by atoms with Gasteiger partial charge in [0.1, 0.15) is 5.84 Å². The third kappa shape index (κ3) is 3.82. The average Bonchev–Trinajstić information content (AvgIpc) is 2.73. The van der Waals surface area contributed by atoms with Gasteiger partial charge >= 0.3 is 0 Å². The van der Waals surface area contributed by atoms with Gasteiger partial charge in [0.05, 0.1) is 4.88 Å². The van der Waals surface area contributed by atoms with Crippen LogP contribution >= 0.6 is 23.7 Å². The van der Waals surface area contributed by atoms with Crippen molar-refractivity contribution in [2.45, 2.75) is 20.3 Å². The number of allylic oxidation sites excluding steroid dienone is 1. The van der Waals surface area contributed by atoms with Gasteiger partial charge in [-0.1, -0.05) is 38.1 Å². The van der Waals surface area contributed by atoms with Crippen molar-refractivity contribution in [1.82, 2.24) is 0 Å². The van der Waals surface area contributed by atoms with Crippen molar-refractivity contribution in [3.8, 4) is 0 Å². The van der Waals surface area contributed by atoms with Gasteiger partial charge in [0.15, 0.2) is 0 Å². The van der Waals surface area contributed by atoms with Crippen LogP contribution in [0.1, 0.15) is 30.7 Å². The predicted octanol–water partition coefficient (Wildman–Crippen LogP) is 4.67. The number of nitrogens with two attached hydrogens (primary N) is 1. The van der Waals surface area contributed by atoms with E-state index < -0.39 is 0 Å². The Morgan fingerprint density at radius 3 is 2.79 bits per heavy atom. The molecule has 0 bridgehead atoms. The Bertz CT molecular complexity index is 599. The summed E-state index contributed by atoms with van der Waals surface area (Å²) in [6.07, 6.45) is 5.46. The van der Waals surface area contributed by atoms with E-state index >= 15 is 0 Å². The molecule has 0 amide bonds. The zero-order chi connectivity index (χ0) is 13.1. The number of hydrogen-bond acceptors (Lipinski definition) is 2. The van der Waals surface area contributed by atoms with Crippen molar-refractivity contribution in [2.24, 2.45) is 11.7 Å². The first-order valence-electron chi connectivity index (χ1n) is 6.11. The van der Waals surface area contributed by atoms with E-state index in [0.717, 1.165) is 11.3 Å². The molecule has 1 heterocycles. The van der Waals surface area contributed by atoms with E-state index in [1.165, 1.54) is 15.6 Å². The van der Waals surface area contributed by atoms with Gasteiger partial charge < -0.3 is 5.73 Å². The number of rotatable bonds is 4. The molecule has 2 nitrogen and oxygen atoms in total. The fourth-order valence-electron chi connectivity index (χ4n) is 1.83. The summed E-state index contributed by atoms with van der Waals surface area (Å²) in [5, 5.41) is 8.69. The van der Waals surface area contributed by atoms with Gasteiger partial charge in [-0.05, 0) is 30.0 Å². The highest BCUT2D eigenvalue weighted by molar-refractivity contribution is 7.20. The normalized spacial score (nSPS) is 11.1. The van der Waals surface area contributed by atoms with Gasteiger partial charge in [-0.25, -0.2) is 0 Å². The molecule has 0 saturated heterocycles. The molecule has 1 aromatic heterocycles. The third-order valence-corrected chi connectivity index (χ3v) is 3.90. The van der Waals surface area contributed by atoms with Crippen LogP contribution in [0, 0.1) is 11.3 Å². The Kier molecular flexibility index (Phi) is 5.58. The Balaban J connectivity index is 0.00000180. The molecular weight excluding hydrogens is 276 g/mol. The number of thiophene rings is 1. The van der Waals surface area contributed by atoms with Crippen LogP contribution in [-0.4, -0.2) is 5.84 Å². The Labute approximate surface area is 124 Å². The highest BCUT2D eigenvalue weighted by Crippen LogP contribution is 2.29. The maximum absolute atomic E-state index is 7.50. The quantitative estimate of drug-likeness (QED) is 0.625. The maximum atomic E-state index is 7.50. The van der Waals surface area contributed by atoms with Crippen molar-refractivity contribution in [1.29, 1.82) is 5.41 Å². The van der Waals surface area contributed by atoms with Crippen molar-refractivity contribution < 1.29 is 0 Å². The maximum Gasteiger partial charge on any atom is 0.133 e. The molecule has 1 aromatic carbocycles. The molecule has 2 aromatic rings. The fraction of sp³-hybridized carbons (Fsp3) is 0.267. The van der Waals surface area contributed by atoms with Crippen LogP contribution in [0.15, 0.2) is 30.3 Å². The number of amidine groups is 1. The molecule has 19 heavy (non-hydrogen) atoms. The molecule has 0 aliphatic heterocycles. The molecule has 0 aliphatic carbocycles. The summed E-state index contributed by atoms with van der Waals surface area (Å²) in [4.78, 5) is 0.842. The van der Waals surface area contributed by atoms with Gasteiger partial charge in [0, 0.05) is 10.1 Å². The molecule has 2 rings (SSSR count). The van der Waals surface area contributed by atoms with Crippen LogP contribution in [0.25, 0.3) is 16.2 Å². The lowest BCUT2D eigenvalue weighted by molar-refractivity contribution is 0.665. The number of benzene rings is 1. The predicted molar refractivity (Wildman–Crippen MR) is 88.6 cm³/mol. The van der Waals surface area contributed by atoms with Gasteiger partial charge in [-0.15, -0.1) is 23.7 Å². The Morgan fingerprint density at radius 1 is 1.42 bits per heavy atom. The Hall–Kier alpha value is -1.32. The number of fused-ring (bicyclic) bond motifs is 1. The van der Waals surface area contributed by atoms with Crippen LogP contribution in [0.4, 0.5) is 0 Å². The summed E-state index contributed by atoms with van der Waals surface area (Å²) in [7, 11) is 0. The molecule has 4 heteroatoms. The number of hydrogen-bond donors (Lipinski definition) is 2. The second-order valence-electron chi connectivity index (χ2n) is 4.82. The molecule has 0 atom stereocenters. The van der Waals surface area contributed by atoms with Crippen LogP contribution in [0.3, 0.4) is 0 Å². The van der Waals surface area contributed by atoms with Gasteiger partial charge in [0.2, 0.25) is 0 Å². The molecule has 0 fully saturated rings. The number of nitrogens with one attached hydrogen (secondary N) is 1. The van der Waals surface area contributed by atoms with E-state index in [1.807, 2.05) is 6.07 Å². The monoisotopic (exact) mass is 294 g/mol. The van der Waals surface area contributed by atoms with Crippen molar-refractivity contribution in [3.05, 3.63) is 40.8 Å². The standard InChI is InChI=1S/C15H18N2S.ClH/c1-10(2)5-3-6-11-7-4-8-13-12(11)9-14(18-13)15(16)17;/h3-4,6-10H,5H2,1-2H3,(H3,16,17);1H. The fourth-order valence-corrected chi connectivity index (χ4v) is 2.79. The van der Waals surface area contributed by atoms with Crippen molar-refractivity contribution in [2.75, 3.05) is 0 Å². The van der Waals surface area contributed by atoms with Crippen LogP contribution in [0.2, 0.25) is 0 Å². The zero-order valence-corrected chi connectivity index (χ0v) is 12.8. The van der Waals surface area contributed by atoms with E-state index in [9.17, 15) is 0 Å². The smallest absolute Gasteiger partial charge is 0.133 e. The molecular formula is C15H19ClN2S. The van der Waals surface area contributed by atoms with E-state index in [4.69, 9.17) is 11.1 Å². The minimum Gasteiger partial charge on any atom is -0.383 e. The van der Waals surface area contributed by atoms with Gasteiger partial charge in [-0.3, -0.25) is 5.41 Å². The molecule has 0 radical (unpaired) electrons. The second kappa shape index (κ2) is 6.73. The number of nitrogen functional groups attached to an aromatic ring is 1. The van der Waals surface area contributed by atoms with Gasteiger partial charge in [0.25, 0.3) is 0 Å². The first kappa shape index (κ1) is 15.7. The highest BCUT2D eigenvalue weighted by Gasteiger charge is 2.06. The minimum atomic E-state index is 0. The highest BCUT2D eigenvalue weighted by atomic mass is 35.5. The van der Waals surface area contributed by atoms with E-state index in [2.05, 4.69) is 44.2 Å². The van der Waals surface area contributed by atoms with Crippen molar-refractivity contribution >= 4 is 45.7 Å². The SMILES string of the molecule is CC(C)CC=Cc1cccc2sc(C(=N)N)cc12.Cl. The average molecular weight is 295 g/mol. The summed E-state index contributed by atoms with van der Waals surface area (Å²) in [5.74, 6) is 0.823. The lowest BCUT2D eigenvalue weighted by atomic mass is 10.1. The lowest BCUT2D eigenvalue weighted by Crippen LogP contribution is -2.08. The third-order valence-electron chi connectivity index (χ3n) is 2.77. The first-order valence-corrected chi connectivity index (χ1v) is 6.93. The van der Waals surface area contributed by atoms with E-state index in [1.54, 1.807) is 11.3 Å². The molecule has 0 aliphatic rings. The molecule has 3 N–H and O–H groups in total. The van der Waals surface area contributed by atoms with E-state index in [0.29, 0.717) is 5.92 Å². The van der Waals surface area contributed by atoms with Crippen LogP contribution in [-0.2, 0) is 0 Å². The summed E-state index contributed by atoms with van der Waals surface area (Å²) < 4.78 is 1.19. The lowest BCUT2D eigenvalue weighted by Gasteiger charge is -1.99. The molecule has 102 valence electrons. The summed E-state index contributed by atoms with van der Waals surface area (Å²) in [6.45, 7) is 4.42. The molecule has 0 spiro atoms.